The maximum absolute atomic E-state index is 6.41. The van der Waals surface area contributed by atoms with Crippen LogP contribution < -0.4 is 4.90 Å². The van der Waals surface area contributed by atoms with Crippen molar-refractivity contribution in [1.29, 1.82) is 0 Å². The van der Waals surface area contributed by atoms with Gasteiger partial charge in [-0.1, -0.05) is 140 Å². The van der Waals surface area contributed by atoms with E-state index in [0.717, 1.165) is 99.6 Å². The van der Waals surface area contributed by atoms with Crippen molar-refractivity contribution >= 4 is 82.7 Å². The molecule has 0 spiro atoms. The number of aromatic nitrogens is 1. The van der Waals surface area contributed by atoms with Gasteiger partial charge >= 0.3 is 0 Å². The van der Waals surface area contributed by atoms with E-state index in [4.69, 9.17) is 13.8 Å². The zero-order valence-electron chi connectivity index (χ0n) is 28.5. The van der Waals surface area contributed by atoms with Gasteiger partial charge in [0, 0.05) is 54.8 Å². The van der Waals surface area contributed by atoms with Gasteiger partial charge in [0.05, 0.1) is 5.52 Å². The van der Waals surface area contributed by atoms with Crippen LogP contribution >= 0.6 is 0 Å². The van der Waals surface area contributed by atoms with Gasteiger partial charge in [0.15, 0.2) is 0 Å². The fourth-order valence-corrected chi connectivity index (χ4v) is 7.98. The Morgan fingerprint density at radius 2 is 0.774 bits per heavy atom. The first-order valence-electron chi connectivity index (χ1n) is 17.9. The quantitative estimate of drug-likeness (QED) is 0.170. The second-order valence-electron chi connectivity index (χ2n) is 13.5. The molecule has 0 saturated heterocycles. The van der Waals surface area contributed by atoms with E-state index in [-0.39, 0.29) is 0 Å². The lowest BCUT2D eigenvalue weighted by atomic mass is 10.0. The second kappa shape index (κ2) is 11.7. The summed E-state index contributed by atoms with van der Waals surface area (Å²) >= 11 is 0. The van der Waals surface area contributed by atoms with Crippen LogP contribution in [0, 0.1) is 0 Å². The summed E-state index contributed by atoms with van der Waals surface area (Å²) in [5, 5.41) is 7.87. The van der Waals surface area contributed by atoms with Crippen LogP contribution in [-0.4, -0.2) is 4.98 Å². The minimum atomic E-state index is 0.874. The summed E-state index contributed by atoms with van der Waals surface area (Å²) in [7, 11) is 0. The first kappa shape index (κ1) is 29.5. The van der Waals surface area contributed by atoms with E-state index < -0.39 is 0 Å². The minimum Gasteiger partial charge on any atom is -0.455 e. The zero-order chi connectivity index (χ0) is 34.9. The summed E-state index contributed by atoms with van der Waals surface area (Å²) in [5.41, 5.74) is 10.9. The number of pyridine rings is 1. The molecule has 0 amide bonds. The fraction of sp³-hybridized carbons (Fsp3) is 0. The van der Waals surface area contributed by atoms with Crippen LogP contribution in [0.1, 0.15) is 0 Å². The number of hydrogen-bond donors (Lipinski definition) is 0. The van der Waals surface area contributed by atoms with Gasteiger partial charge in [-0.15, -0.1) is 0 Å². The van der Waals surface area contributed by atoms with Crippen LogP contribution in [0.4, 0.5) is 17.2 Å². The molecule has 4 nitrogen and oxygen atoms in total. The Kier molecular flexibility index (Phi) is 6.52. The molecule has 0 aliphatic rings. The lowest BCUT2D eigenvalue weighted by Gasteiger charge is -2.26. The van der Waals surface area contributed by atoms with E-state index in [1.165, 1.54) is 5.39 Å². The van der Waals surface area contributed by atoms with Crippen LogP contribution in [0.5, 0.6) is 0 Å². The first-order valence-corrected chi connectivity index (χ1v) is 17.9. The number of fused-ring (bicyclic) bond motifs is 9. The van der Waals surface area contributed by atoms with Crippen molar-refractivity contribution in [3.63, 3.8) is 0 Å². The zero-order valence-corrected chi connectivity index (χ0v) is 28.5. The van der Waals surface area contributed by atoms with E-state index in [9.17, 15) is 0 Å². The summed E-state index contributed by atoms with van der Waals surface area (Å²) < 4.78 is 12.8. The highest BCUT2D eigenvalue weighted by Gasteiger charge is 2.20. The highest BCUT2D eigenvalue weighted by atomic mass is 16.3. The Bertz CT molecular complexity index is 3020. The SMILES string of the molecule is c1ccc2c(c1)nc(N(c1ccc(-c3cccc4c3oc3ccccc34)cc1)c1ccc(-c3cccc4c3oc3ccccc34)cc1)c1ccccc12. The van der Waals surface area contributed by atoms with E-state index in [1.54, 1.807) is 0 Å². The Labute approximate surface area is 304 Å². The van der Waals surface area contributed by atoms with Gasteiger partial charge in [0.1, 0.15) is 28.1 Å². The van der Waals surface area contributed by atoms with Crippen molar-refractivity contribution in [3.05, 3.63) is 182 Å². The summed E-state index contributed by atoms with van der Waals surface area (Å²) in [5.74, 6) is 0.874. The standard InChI is InChI=1S/C49H30N2O2/c1-2-15-43-37(11-1)38-12-3-6-20-44(38)50-49(43)51(33-27-23-31(24-28-33)35-16-9-18-41-39-13-4-7-21-45(39)52-47(35)41)34-29-25-32(26-30-34)36-17-10-19-42-40-14-5-8-22-46(40)53-48(36)42/h1-30H. The number of rotatable bonds is 5. The van der Waals surface area contributed by atoms with Gasteiger partial charge in [-0.2, -0.15) is 0 Å². The van der Waals surface area contributed by atoms with Crippen molar-refractivity contribution in [3.8, 4) is 22.3 Å². The smallest absolute Gasteiger partial charge is 0.146 e. The third-order valence-electron chi connectivity index (χ3n) is 10.5. The van der Waals surface area contributed by atoms with Gasteiger partial charge in [0.2, 0.25) is 0 Å². The molecule has 11 aromatic rings. The number of para-hydroxylation sites is 5. The number of hydrogen-bond acceptors (Lipinski definition) is 4. The monoisotopic (exact) mass is 678 g/mol. The van der Waals surface area contributed by atoms with E-state index in [1.807, 2.05) is 24.3 Å². The predicted molar refractivity (Wildman–Crippen MR) is 219 cm³/mol. The molecular weight excluding hydrogens is 649 g/mol. The van der Waals surface area contributed by atoms with E-state index in [2.05, 4.69) is 163 Å². The van der Waals surface area contributed by atoms with Gasteiger partial charge in [-0.25, -0.2) is 4.98 Å². The van der Waals surface area contributed by atoms with Crippen molar-refractivity contribution in [2.45, 2.75) is 0 Å². The summed E-state index contributed by atoms with van der Waals surface area (Å²) in [6.45, 7) is 0. The van der Waals surface area contributed by atoms with Crippen molar-refractivity contribution in [2.24, 2.45) is 0 Å². The highest BCUT2D eigenvalue weighted by Crippen LogP contribution is 2.43. The first-order chi connectivity index (χ1) is 26.3. The number of anilines is 3. The van der Waals surface area contributed by atoms with Crippen molar-refractivity contribution in [2.75, 3.05) is 4.90 Å². The number of nitrogens with zero attached hydrogens (tertiary/aromatic N) is 2. The average molecular weight is 679 g/mol. The predicted octanol–water partition coefficient (Wildman–Crippen LogP) is 14.0. The minimum absolute atomic E-state index is 0.874. The Hall–Kier alpha value is -7.17. The van der Waals surface area contributed by atoms with Crippen LogP contribution in [0.15, 0.2) is 191 Å². The van der Waals surface area contributed by atoms with Crippen molar-refractivity contribution < 1.29 is 8.83 Å². The molecule has 0 saturated carbocycles. The topological polar surface area (TPSA) is 42.4 Å². The summed E-state index contributed by atoms with van der Waals surface area (Å²) in [6.07, 6.45) is 0. The summed E-state index contributed by atoms with van der Waals surface area (Å²) in [6, 6.07) is 63.6. The molecule has 0 aliphatic heterocycles. The molecule has 0 unspecified atom stereocenters. The normalized spacial score (nSPS) is 11.8. The van der Waals surface area contributed by atoms with Crippen molar-refractivity contribution in [1.82, 2.24) is 4.98 Å². The van der Waals surface area contributed by atoms with Gasteiger partial charge < -0.3 is 8.83 Å². The molecule has 11 rings (SSSR count). The molecule has 248 valence electrons. The molecular formula is C49H30N2O2. The molecule has 4 heteroatoms. The molecule has 0 N–H and O–H groups in total. The lowest BCUT2D eigenvalue weighted by Crippen LogP contribution is -2.12. The molecule has 53 heavy (non-hydrogen) atoms. The molecule has 3 heterocycles. The maximum atomic E-state index is 6.41. The molecule has 3 aromatic heterocycles. The fourth-order valence-electron chi connectivity index (χ4n) is 7.98. The molecule has 0 atom stereocenters. The third kappa shape index (κ3) is 4.66. The molecule has 0 radical (unpaired) electrons. The maximum Gasteiger partial charge on any atom is 0.146 e. The third-order valence-corrected chi connectivity index (χ3v) is 10.5. The van der Waals surface area contributed by atoms with Gasteiger partial charge in [-0.05, 0) is 59.0 Å². The largest absolute Gasteiger partial charge is 0.455 e. The Morgan fingerprint density at radius 1 is 0.340 bits per heavy atom. The highest BCUT2D eigenvalue weighted by molar-refractivity contribution is 6.13. The molecule has 0 aliphatic carbocycles. The summed E-state index contributed by atoms with van der Waals surface area (Å²) in [4.78, 5) is 7.61. The average Bonchev–Trinajstić information content (AvgIpc) is 3.80. The Morgan fingerprint density at radius 3 is 1.32 bits per heavy atom. The van der Waals surface area contributed by atoms with E-state index in [0.29, 0.717) is 0 Å². The number of benzene rings is 8. The van der Waals surface area contributed by atoms with Gasteiger partial charge in [0.25, 0.3) is 0 Å². The molecule has 0 bridgehead atoms. The van der Waals surface area contributed by atoms with Crippen LogP contribution in [0.3, 0.4) is 0 Å². The van der Waals surface area contributed by atoms with Crippen LogP contribution in [-0.2, 0) is 0 Å². The molecule has 8 aromatic carbocycles. The van der Waals surface area contributed by atoms with Crippen LogP contribution in [0.25, 0.3) is 87.8 Å². The lowest BCUT2D eigenvalue weighted by molar-refractivity contribution is 0.669. The van der Waals surface area contributed by atoms with Gasteiger partial charge in [-0.3, -0.25) is 4.90 Å². The number of furan rings is 2. The van der Waals surface area contributed by atoms with Crippen LogP contribution in [0.2, 0.25) is 0 Å². The van der Waals surface area contributed by atoms with E-state index >= 15 is 0 Å². The molecule has 0 fully saturated rings. The second-order valence-corrected chi connectivity index (χ2v) is 13.5. The Balaban J connectivity index is 1.07.